The number of thiophene rings is 1. The van der Waals surface area contributed by atoms with Gasteiger partial charge in [-0.15, -0.1) is 11.3 Å². The summed E-state index contributed by atoms with van der Waals surface area (Å²) in [5.74, 6) is 1.21. The monoisotopic (exact) mass is 385 g/mol. The van der Waals surface area contributed by atoms with E-state index in [-0.39, 0.29) is 5.91 Å². The molecule has 3 aromatic rings. The molecule has 0 atom stereocenters. The van der Waals surface area contributed by atoms with Gasteiger partial charge in [-0.1, -0.05) is 30.0 Å². The van der Waals surface area contributed by atoms with Gasteiger partial charge in [-0.25, -0.2) is 9.97 Å². The van der Waals surface area contributed by atoms with Crippen molar-refractivity contribution in [3.05, 3.63) is 46.1 Å². The lowest BCUT2D eigenvalue weighted by molar-refractivity contribution is -0.116. The van der Waals surface area contributed by atoms with Gasteiger partial charge in [0.1, 0.15) is 15.7 Å². The minimum atomic E-state index is 0.0980. The van der Waals surface area contributed by atoms with Gasteiger partial charge < -0.3 is 4.90 Å². The van der Waals surface area contributed by atoms with Gasteiger partial charge in [-0.05, 0) is 51.8 Å². The lowest BCUT2D eigenvalue weighted by Gasteiger charge is -2.22. The summed E-state index contributed by atoms with van der Waals surface area (Å²) in [7, 11) is 0. The first kappa shape index (κ1) is 18.9. The summed E-state index contributed by atoms with van der Waals surface area (Å²) in [5.41, 5.74) is 3.30. The molecule has 0 bridgehead atoms. The molecule has 2 heterocycles. The van der Waals surface area contributed by atoms with Gasteiger partial charge in [0.25, 0.3) is 0 Å². The van der Waals surface area contributed by atoms with E-state index in [1.54, 1.807) is 11.3 Å². The molecule has 0 aliphatic carbocycles. The zero-order valence-corrected chi connectivity index (χ0v) is 17.4. The van der Waals surface area contributed by atoms with Crippen LogP contribution in [0.15, 0.2) is 29.3 Å². The topological polar surface area (TPSA) is 46.1 Å². The molecule has 0 saturated carbocycles. The highest BCUT2D eigenvalue weighted by Crippen LogP contribution is 2.35. The summed E-state index contributed by atoms with van der Waals surface area (Å²) in [6, 6.07) is 8.00. The molecule has 0 spiro atoms. The Morgan fingerprint density at radius 1 is 1.15 bits per heavy atom. The van der Waals surface area contributed by atoms with Crippen LogP contribution in [0.5, 0.6) is 0 Å². The molecular formula is C20H23N3OS2. The van der Waals surface area contributed by atoms with Crippen LogP contribution >= 0.6 is 23.1 Å². The van der Waals surface area contributed by atoms with Gasteiger partial charge in [-0.3, -0.25) is 4.79 Å². The standard InChI is InChI=1S/C20H23N3OS2/c1-6-23(16-10-8-7-9-12(16)2)17(24)11-25-19-18-13(3)14(4)26-20(18)22-15(5)21-19/h7-10H,6,11H2,1-5H3. The fraction of sp³-hybridized carbons (Fsp3) is 0.350. The molecule has 26 heavy (non-hydrogen) atoms. The Morgan fingerprint density at radius 3 is 2.58 bits per heavy atom. The fourth-order valence-electron chi connectivity index (χ4n) is 2.97. The van der Waals surface area contributed by atoms with Crippen LogP contribution in [0.1, 0.15) is 28.8 Å². The number of carbonyl (C=O) groups is 1. The number of benzene rings is 1. The van der Waals surface area contributed by atoms with Gasteiger partial charge in [0.15, 0.2) is 0 Å². The molecular weight excluding hydrogens is 362 g/mol. The quantitative estimate of drug-likeness (QED) is 0.454. The SMILES string of the molecule is CCN(C(=O)CSc1nc(C)nc2sc(C)c(C)c12)c1ccccc1C. The second-order valence-corrected chi connectivity index (χ2v) is 8.42. The van der Waals surface area contributed by atoms with E-state index >= 15 is 0 Å². The van der Waals surface area contributed by atoms with E-state index in [1.165, 1.54) is 22.2 Å². The Morgan fingerprint density at radius 2 is 1.88 bits per heavy atom. The summed E-state index contributed by atoms with van der Waals surface area (Å²) >= 11 is 3.20. The van der Waals surface area contributed by atoms with Crippen molar-refractivity contribution in [1.29, 1.82) is 0 Å². The van der Waals surface area contributed by atoms with E-state index < -0.39 is 0 Å². The van der Waals surface area contributed by atoms with Gasteiger partial charge in [0.2, 0.25) is 5.91 Å². The third-order valence-corrected chi connectivity index (χ3v) is 6.52. The van der Waals surface area contributed by atoms with Crippen molar-refractivity contribution in [1.82, 2.24) is 9.97 Å². The predicted molar refractivity (Wildman–Crippen MR) is 112 cm³/mol. The Bertz CT molecular complexity index is 965. The number of aryl methyl sites for hydroxylation is 4. The van der Waals surface area contributed by atoms with Gasteiger partial charge in [0, 0.05) is 22.5 Å². The summed E-state index contributed by atoms with van der Waals surface area (Å²) in [5, 5.41) is 2.00. The molecule has 4 nitrogen and oxygen atoms in total. The Labute approximate surface area is 162 Å². The minimum absolute atomic E-state index is 0.0980. The number of fused-ring (bicyclic) bond motifs is 1. The van der Waals surface area contributed by atoms with E-state index in [1.807, 2.05) is 49.9 Å². The summed E-state index contributed by atoms with van der Waals surface area (Å²) in [6.45, 7) is 10.8. The number of nitrogens with zero attached hydrogens (tertiary/aromatic N) is 3. The number of hydrogen-bond acceptors (Lipinski definition) is 5. The van der Waals surface area contributed by atoms with E-state index in [4.69, 9.17) is 0 Å². The van der Waals surface area contributed by atoms with Crippen molar-refractivity contribution < 1.29 is 4.79 Å². The molecule has 1 aromatic carbocycles. The molecule has 0 unspecified atom stereocenters. The van der Waals surface area contributed by atoms with Crippen molar-refractivity contribution in [2.45, 2.75) is 39.6 Å². The number of anilines is 1. The van der Waals surface area contributed by atoms with Crippen LogP contribution in [0.4, 0.5) is 5.69 Å². The maximum absolute atomic E-state index is 12.9. The zero-order valence-electron chi connectivity index (χ0n) is 15.8. The van der Waals surface area contributed by atoms with Gasteiger partial charge in [0.05, 0.1) is 5.75 Å². The van der Waals surface area contributed by atoms with Crippen LogP contribution in [0.2, 0.25) is 0 Å². The van der Waals surface area contributed by atoms with Crippen LogP contribution < -0.4 is 4.90 Å². The number of hydrogen-bond donors (Lipinski definition) is 0. The van der Waals surface area contributed by atoms with Crippen LogP contribution in [0.25, 0.3) is 10.2 Å². The smallest absolute Gasteiger partial charge is 0.237 e. The van der Waals surface area contributed by atoms with Crippen LogP contribution in [0, 0.1) is 27.7 Å². The second kappa shape index (κ2) is 7.76. The molecule has 1 amide bonds. The van der Waals surface area contributed by atoms with Gasteiger partial charge >= 0.3 is 0 Å². The van der Waals surface area contributed by atoms with Crippen molar-refractivity contribution in [3.8, 4) is 0 Å². The zero-order chi connectivity index (χ0) is 18.8. The number of carbonyl (C=O) groups excluding carboxylic acids is 1. The Balaban J connectivity index is 1.85. The molecule has 136 valence electrons. The molecule has 3 rings (SSSR count). The van der Waals surface area contributed by atoms with Crippen molar-refractivity contribution in [2.75, 3.05) is 17.2 Å². The van der Waals surface area contributed by atoms with E-state index in [9.17, 15) is 4.79 Å². The first-order chi connectivity index (χ1) is 12.4. The Kier molecular flexibility index (Phi) is 5.63. The number of rotatable bonds is 5. The van der Waals surface area contributed by atoms with E-state index in [0.29, 0.717) is 12.3 Å². The highest BCUT2D eigenvalue weighted by molar-refractivity contribution is 8.00. The van der Waals surface area contributed by atoms with Crippen molar-refractivity contribution in [3.63, 3.8) is 0 Å². The third kappa shape index (κ3) is 3.62. The summed E-state index contributed by atoms with van der Waals surface area (Å²) < 4.78 is 0. The van der Waals surface area contributed by atoms with Gasteiger partial charge in [-0.2, -0.15) is 0 Å². The number of amides is 1. The first-order valence-corrected chi connectivity index (χ1v) is 10.5. The van der Waals surface area contributed by atoms with E-state index in [0.717, 1.165) is 32.3 Å². The van der Waals surface area contributed by atoms with Crippen molar-refractivity contribution >= 4 is 44.9 Å². The van der Waals surface area contributed by atoms with Crippen molar-refractivity contribution in [2.24, 2.45) is 0 Å². The number of thioether (sulfide) groups is 1. The fourth-order valence-corrected chi connectivity index (χ4v) is 5.12. The molecule has 2 aromatic heterocycles. The molecule has 0 N–H and O–H groups in total. The maximum Gasteiger partial charge on any atom is 0.237 e. The highest BCUT2D eigenvalue weighted by atomic mass is 32.2. The Hall–Kier alpha value is -1.92. The summed E-state index contributed by atoms with van der Waals surface area (Å²) in [4.78, 5) is 26.1. The average molecular weight is 386 g/mol. The molecule has 6 heteroatoms. The first-order valence-electron chi connectivity index (χ1n) is 8.65. The number of para-hydroxylation sites is 1. The lowest BCUT2D eigenvalue weighted by atomic mass is 10.2. The molecule has 0 aliphatic heterocycles. The third-order valence-electron chi connectivity index (χ3n) is 4.46. The molecule has 0 radical (unpaired) electrons. The molecule has 0 aliphatic rings. The normalized spacial score (nSPS) is 11.1. The highest BCUT2D eigenvalue weighted by Gasteiger charge is 2.19. The maximum atomic E-state index is 12.9. The van der Waals surface area contributed by atoms with Crippen LogP contribution in [-0.2, 0) is 4.79 Å². The van der Waals surface area contributed by atoms with Crippen LogP contribution in [0.3, 0.4) is 0 Å². The molecule has 0 saturated heterocycles. The number of aromatic nitrogens is 2. The average Bonchev–Trinajstić information content (AvgIpc) is 2.89. The molecule has 0 fully saturated rings. The van der Waals surface area contributed by atoms with Crippen LogP contribution in [-0.4, -0.2) is 28.2 Å². The summed E-state index contributed by atoms with van der Waals surface area (Å²) in [6.07, 6.45) is 0. The minimum Gasteiger partial charge on any atom is -0.312 e. The predicted octanol–water partition coefficient (Wildman–Crippen LogP) is 5.07. The van der Waals surface area contributed by atoms with E-state index in [2.05, 4.69) is 23.8 Å². The lowest BCUT2D eigenvalue weighted by Crippen LogP contribution is -2.32. The second-order valence-electron chi connectivity index (χ2n) is 6.25. The largest absolute Gasteiger partial charge is 0.312 e.